The van der Waals surface area contributed by atoms with Crippen molar-refractivity contribution in [1.29, 1.82) is 0 Å². The monoisotopic (exact) mass is 234 g/mol. The van der Waals surface area contributed by atoms with Crippen LogP contribution < -0.4 is 11.1 Å². The van der Waals surface area contributed by atoms with E-state index in [0.717, 1.165) is 25.1 Å². The molecule has 92 valence electrons. The van der Waals surface area contributed by atoms with Gasteiger partial charge >= 0.3 is 0 Å². The van der Waals surface area contributed by atoms with Gasteiger partial charge in [-0.1, -0.05) is 12.1 Å². The van der Waals surface area contributed by atoms with Gasteiger partial charge in [0.25, 0.3) is 0 Å². The molecule has 4 heteroatoms. The smallest absolute Gasteiger partial charge is 0.248 e. The molecule has 1 heterocycles. The van der Waals surface area contributed by atoms with Gasteiger partial charge in [0.05, 0.1) is 12.7 Å². The highest BCUT2D eigenvalue weighted by molar-refractivity contribution is 5.92. The molecule has 17 heavy (non-hydrogen) atoms. The molecule has 4 nitrogen and oxygen atoms in total. The van der Waals surface area contributed by atoms with Gasteiger partial charge in [0, 0.05) is 12.1 Å². The van der Waals surface area contributed by atoms with Gasteiger partial charge in [-0.2, -0.15) is 0 Å². The molecular weight excluding hydrogens is 216 g/mol. The number of hydrogen-bond acceptors (Lipinski definition) is 3. The van der Waals surface area contributed by atoms with E-state index >= 15 is 0 Å². The van der Waals surface area contributed by atoms with Crippen molar-refractivity contribution in [2.24, 2.45) is 5.73 Å². The van der Waals surface area contributed by atoms with Gasteiger partial charge in [0.1, 0.15) is 0 Å². The predicted octanol–water partition coefficient (Wildman–Crippen LogP) is 1.05. The summed E-state index contributed by atoms with van der Waals surface area (Å²) >= 11 is 0. The Balaban J connectivity index is 1.84. The first-order valence-corrected chi connectivity index (χ1v) is 5.97. The van der Waals surface area contributed by atoms with E-state index in [1.54, 1.807) is 12.1 Å². The standard InChI is InChI=1S/C13H18N2O2/c14-13(16)11-5-3-10(4-6-11)9-17-12-2-1-7-15-8-12/h3-6,12,15H,1-2,7-9H2,(H2,14,16)/t12-/m0/s1. The van der Waals surface area contributed by atoms with Crippen molar-refractivity contribution < 1.29 is 9.53 Å². The van der Waals surface area contributed by atoms with Crippen LogP contribution in [-0.4, -0.2) is 25.1 Å². The molecule has 1 aromatic carbocycles. The molecule has 1 fully saturated rings. The van der Waals surface area contributed by atoms with Crippen molar-refractivity contribution in [1.82, 2.24) is 5.32 Å². The van der Waals surface area contributed by atoms with Crippen LogP contribution in [0.25, 0.3) is 0 Å². The van der Waals surface area contributed by atoms with Crippen LogP contribution in [0.4, 0.5) is 0 Å². The topological polar surface area (TPSA) is 64.4 Å². The Morgan fingerprint density at radius 1 is 1.41 bits per heavy atom. The van der Waals surface area contributed by atoms with E-state index in [4.69, 9.17) is 10.5 Å². The number of nitrogens with two attached hydrogens (primary N) is 1. The molecule has 0 aliphatic carbocycles. The van der Waals surface area contributed by atoms with Gasteiger partial charge in [0.15, 0.2) is 0 Å². The third kappa shape index (κ3) is 3.54. The molecule has 3 N–H and O–H groups in total. The quantitative estimate of drug-likeness (QED) is 0.818. The van der Waals surface area contributed by atoms with Crippen molar-refractivity contribution in [3.63, 3.8) is 0 Å². The number of piperidine rings is 1. The Morgan fingerprint density at radius 3 is 2.76 bits per heavy atom. The number of carbonyl (C=O) groups is 1. The molecule has 0 radical (unpaired) electrons. The summed E-state index contributed by atoms with van der Waals surface area (Å²) in [5, 5.41) is 3.31. The summed E-state index contributed by atoms with van der Waals surface area (Å²) in [5.41, 5.74) is 6.78. The molecule has 1 aliphatic heterocycles. The molecule has 1 saturated heterocycles. The third-order valence-corrected chi connectivity index (χ3v) is 2.98. The van der Waals surface area contributed by atoms with Gasteiger partial charge < -0.3 is 15.8 Å². The molecule has 0 saturated carbocycles. The zero-order chi connectivity index (χ0) is 12.1. The van der Waals surface area contributed by atoms with E-state index in [-0.39, 0.29) is 0 Å². The summed E-state index contributed by atoms with van der Waals surface area (Å²) in [4.78, 5) is 10.9. The molecule has 0 aromatic heterocycles. The average Bonchev–Trinajstić information content (AvgIpc) is 2.38. The molecular formula is C13H18N2O2. The zero-order valence-corrected chi connectivity index (χ0v) is 9.82. The first-order valence-electron chi connectivity index (χ1n) is 5.97. The Kier molecular flexibility index (Phi) is 4.12. The van der Waals surface area contributed by atoms with Crippen molar-refractivity contribution in [3.8, 4) is 0 Å². The number of benzene rings is 1. The summed E-state index contributed by atoms with van der Waals surface area (Å²) in [7, 11) is 0. The Morgan fingerprint density at radius 2 is 2.18 bits per heavy atom. The number of primary amides is 1. The van der Waals surface area contributed by atoms with E-state index in [9.17, 15) is 4.79 Å². The molecule has 0 bridgehead atoms. The van der Waals surface area contributed by atoms with Crippen LogP contribution in [-0.2, 0) is 11.3 Å². The second-order valence-electron chi connectivity index (χ2n) is 4.34. The lowest BCUT2D eigenvalue weighted by molar-refractivity contribution is 0.0253. The fourth-order valence-electron chi connectivity index (χ4n) is 1.94. The van der Waals surface area contributed by atoms with Crippen LogP contribution in [0.2, 0.25) is 0 Å². The average molecular weight is 234 g/mol. The Bertz CT molecular complexity index is 370. The third-order valence-electron chi connectivity index (χ3n) is 2.98. The minimum atomic E-state index is -0.394. The van der Waals surface area contributed by atoms with Gasteiger partial charge in [-0.25, -0.2) is 0 Å². The van der Waals surface area contributed by atoms with Crippen LogP contribution in [0.3, 0.4) is 0 Å². The summed E-state index contributed by atoms with van der Waals surface area (Å²) in [6.07, 6.45) is 2.59. The van der Waals surface area contributed by atoms with Crippen LogP contribution in [0.15, 0.2) is 24.3 Å². The SMILES string of the molecule is NC(=O)c1ccc(CO[C@H]2CCCNC2)cc1. The van der Waals surface area contributed by atoms with Gasteiger partial charge in [0.2, 0.25) is 5.91 Å². The van der Waals surface area contributed by atoms with E-state index in [1.807, 2.05) is 12.1 Å². The normalized spacial score (nSPS) is 20.1. The largest absolute Gasteiger partial charge is 0.372 e. The maximum Gasteiger partial charge on any atom is 0.248 e. The van der Waals surface area contributed by atoms with Gasteiger partial charge in [-0.3, -0.25) is 4.79 Å². The number of ether oxygens (including phenoxy) is 1. The second kappa shape index (κ2) is 5.80. The van der Waals surface area contributed by atoms with Gasteiger partial charge in [-0.05, 0) is 37.1 Å². The number of hydrogen-bond donors (Lipinski definition) is 2. The Hall–Kier alpha value is -1.39. The van der Waals surface area contributed by atoms with Crippen molar-refractivity contribution in [3.05, 3.63) is 35.4 Å². The highest BCUT2D eigenvalue weighted by Gasteiger charge is 2.12. The number of rotatable bonds is 4. The summed E-state index contributed by atoms with van der Waals surface area (Å²) in [6.45, 7) is 2.61. The van der Waals surface area contributed by atoms with Crippen LogP contribution in [0.5, 0.6) is 0 Å². The van der Waals surface area contributed by atoms with E-state index in [0.29, 0.717) is 18.3 Å². The molecule has 1 amide bonds. The van der Waals surface area contributed by atoms with E-state index < -0.39 is 5.91 Å². The van der Waals surface area contributed by atoms with Gasteiger partial charge in [-0.15, -0.1) is 0 Å². The van der Waals surface area contributed by atoms with Crippen LogP contribution in [0, 0.1) is 0 Å². The first-order chi connectivity index (χ1) is 8.25. The van der Waals surface area contributed by atoms with Crippen LogP contribution in [0.1, 0.15) is 28.8 Å². The molecule has 0 spiro atoms. The van der Waals surface area contributed by atoms with E-state index in [1.165, 1.54) is 6.42 Å². The lowest BCUT2D eigenvalue weighted by Crippen LogP contribution is -2.35. The highest BCUT2D eigenvalue weighted by Crippen LogP contribution is 2.10. The molecule has 1 aromatic rings. The lowest BCUT2D eigenvalue weighted by atomic mass is 10.1. The predicted molar refractivity (Wildman–Crippen MR) is 65.6 cm³/mol. The van der Waals surface area contributed by atoms with Crippen molar-refractivity contribution in [2.75, 3.05) is 13.1 Å². The second-order valence-corrected chi connectivity index (χ2v) is 4.34. The molecule has 1 atom stereocenters. The highest BCUT2D eigenvalue weighted by atomic mass is 16.5. The van der Waals surface area contributed by atoms with Crippen LogP contribution >= 0.6 is 0 Å². The number of nitrogens with one attached hydrogen (secondary N) is 1. The van der Waals surface area contributed by atoms with Crippen molar-refractivity contribution >= 4 is 5.91 Å². The molecule has 2 rings (SSSR count). The lowest BCUT2D eigenvalue weighted by Gasteiger charge is -2.23. The minimum Gasteiger partial charge on any atom is -0.372 e. The van der Waals surface area contributed by atoms with Crippen molar-refractivity contribution in [2.45, 2.75) is 25.6 Å². The minimum absolute atomic E-state index is 0.305. The first kappa shape index (κ1) is 12.1. The summed E-state index contributed by atoms with van der Waals surface area (Å²) < 4.78 is 5.79. The fraction of sp³-hybridized carbons (Fsp3) is 0.462. The molecule has 1 aliphatic rings. The van der Waals surface area contributed by atoms with E-state index in [2.05, 4.69) is 5.32 Å². The Labute approximate surface area is 101 Å². The number of amides is 1. The maximum atomic E-state index is 10.9. The molecule has 0 unspecified atom stereocenters. The fourth-order valence-corrected chi connectivity index (χ4v) is 1.94. The summed E-state index contributed by atoms with van der Waals surface area (Å²) in [6, 6.07) is 7.24. The zero-order valence-electron chi connectivity index (χ0n) is 9.82. The number of carbonyl (C=O) groups excluding carboxylic acids is 1. The maximum absolute atomic E-state index is 10.9. The summed E-state index contributed by atoms with van der Waals surface area (Å²) in [5.74, 6) is -0.394.